The van der Waals surface area contributed by atoms with Gasteiger partial charge in [0.15, 0.2) is 11.5 Å². The van der Waals surface area contributed by atoms with Crippen LogP contribution in [0.25, 0.3) is 11.3 Å². The zero-order valence-corrected chi connectivity index (χ0v) is 17.6. The summed E-state index contributed by atoms with van der Waals surface area (Å²) in [6.45, 7) is 4.04. The van der Waals surface area contributed by atoms with E-state index in [1.54, 1.807) is 18.6 Å². The zero-order valence-electron chi connectivity index (χ0n) is 17.6. The third-order valence-electron chi connectivity index (χ3n) is 5.27. The number of hydrogen-bond donors (Lipinski definition) is 3. The maximum Gasteiger partial charge on any atom is 0.278 e. The summed E-state index contributed by atoms with van der Waals surface area (Å²) in [4.78, 5) is 25.8. The molecule has 0 spiro atoms. The topological polar surface area (TPSA) is 129 Å². The van der Waals surface area contributed by atoms with Crippen LogP contribution < -0.4 is 16.8 Å². The molecule has 160 valence electrons. The molecule has 1 aromatic carbocycles. The number of aromatic nitrogens is 3. The molecule has 3 heterocycles. The molecule has 31 heavy (non-hydrogen) atoms. The Labute approximate surface area is 181 Å². The quantitative estimate of drug-likeness (QED) is 0.592. The number of anilines is 2. The van der Waals surface area contributed by atoms with Gasteiger partial charge >= 0.3 is 0 Å². The fourth-order valence-electron chi connectivity index (χ4n) is 3.95. The first kappa shape index (κ1) is 20.9. The molecular weight excluding hydrogens is 392 g/mol. The molecule has 1 amide bonds. The molecule has 8 nitrogen and oxygen atoms in total. The number of nitrogens with zero attached hydrogens (tertiary/aromatic N) is 3. The van der Waals surface area contributed by atoms with Crippen molar-refractivity contribution in [3.8, 4) is 11.3 Å². The van der Waals surface area contributed by atoms with Crippen LogP contribution in [0.3, 0.4) is 0 Å². The summed E-state index contributed by atoms with van der Waals surface area (Å²) >= 11 is 0. The summed E-state index contributed by atoms with van der Waals surface area (Å²) in [7, 11) is 0. The Hall–Kier alpha value is -3.36. The van der Waals surface area contributed by atoms with Gasteiger partial charge in [0, 0.05) is 23.4 Å². The van der Waals surface area contributed by atoms with Crippen LogP contribution >= 0.6 is 0 Å². The van der Waals surface area contributed by atoms with Crippen molar-refractivity contribution in [3.05, 3.63) is 66.2 Å². The molecule has 5 N–H and O–H groups in total. The van der Waals surface area contributed by atoms with Crippen molar-refractivity contribution in [1.29, 1.82) is 0 Å². The number of hydrogen-bond acceptors (Lipinski definition) is 7. The predicted molar refractivity (Wildman–Crippen MR) is 119 cm³/mol. The fourth-order valence-corrected chi connectivity index (χ4v) is 3.95. The molecule has 0 unspecified atom stereocenters. The summed E-state index contributed by atoms with van der Waals surface area (Å²) in [6, 6.07) is 11.3. The van der Waals surface area contributed by atoms with Gasteiger partial charge in [-0.25, -0.2) is 9.97 Å². The van der Waals surface area contributed by atoms with Crippen LogP contribution in [0.1, 0.15) is 48.8 Å². The normalized spacial score (nSPS) is 20.2. The highest BCUT2D eigenvalue weighted by Gasteiger charge is 2.35. The molecule has 0 saturated carbocycles. The summed E-state index contributed by atoms with van der Waals surface area (Å²) in [5.74, 6) is -0.406. The van der Waals surface area contributed by atoms with E-state index >= 15 is 0 Å². The number of nitrogen functional groups attached to an aromatic ring is 1. The summed E-state index contributed by atoms with van der Waals surface area (Å²) in [5, 5.41) is 2.88. The second-order valence-electron chi connectivity index (χ2n) is 8.34. The highest BCUT2D eigenvalue weighted by atomic mass is 16.5. The van der Waals surface area contributed by atoms with Crippen LogP contribution in [0.5, 0.6) is 0 Å². The molecule has 0 bridgehead atoms. The number of nitrogens with two attached hydrogens (primary N) is 2. The number of rotatable bonds is 4. The van der Waals surface area contributed by atoms with Gasteiger partial charge in [-0.1, -0.05) is 30.3 Å². The van der Waals surface area contributed by atoms with Crippen molar-refractivity contribution < 1.29 is 9.53 Å². The molecular formula is C23H26N6O2. The highest BCUT2D eigenvalue weighted by molar-refractivity contribution is 6.06. The summed E-state index contributed by atoms with van der Waals surface area (Å²) in [5.41, 5.74) is 14.7. The molecule has 0 aliphatic carbocycles. The molecule has 0 radical (unpaired) electrons. The van der Waals surface area contributed by atoms with Crippen molar-refractivity contribution in [2.24, 2.45) is 5.73 Å². The first-order valence-corrected chi connectivity index (χ1v) is 10.2. The number of pyridine rings is 1. The van der Waals surface area contributed by atoms with Crippen molar-refractivity contribution in [3.63, 3.8) is 0 Å². The first-order valence-electron chi connectivity index (χ1n) is 10.2. The number of ether oxygens (including phenoxy) is 1. The molecule has 2 atom stereocenters. The number of amides is 1. The average Bonchev–Trinajstić information content (AvgIpc) is 2.73. The standard InChI is InChI=1S/C23H26N6O2/c1-23(2)11-15(24)10-19(31-23)16-8-9-26-12-18(16)29-22(30)20-21(25)27-13-17(28-20)14-6-4-3-5-7-14/h3-9,12-13,15,19H,10-11,24H2,1-2H3,(H2,25,27)(H,29,30)/t15-,19+/m1/s1. The van der Waals surface area contributed by atoms with E-state index in [0.717, 1.165) is 17.5 Å². The van der Waals surface area contributed by atoms with Gasteiger partial charge < -0.3 is 21.5 Å². The van der Waals surface area contributed by atoms with E-state index in [2.05, 4.69) is 20.3 Å². The minimum atomic E-state index is -0.462. The Balaban J connectivity index is 1.62. The van der Waals surface area contributed by atoms with Gasteiger partial charge in [0.2, 0.25) is 0 Å². The van der Waals surface area contributed by atoms with Crippen LogP contribution in [-0.4, -0.2) is 32.5 Å². The molecule has 2 aromatic heterocycles. The minimum Gasteiger partial charge on any atom is -0.382 e. The number of carbonyl (C=O) groups is 1. The average molecular weight is 419 g/mol. The molecule has 1 aliphatic heterocycles. The molecule has 1 aliphatic rings. The second-order valence-corrected chi connectivity index (χ2v) is 8.34. The van der Waals surface area contributed by atoms with Crippen molar-refractivity contribution >= 4 is 17.4 Å². The van der Waals surface area contributed by atoms with Crippen LogP contribution in [0.15, 0.2) is 55.0 Å². The Morgan fingerprint density at radius 1 is 1.19 bits per heavy atom. The van der Waals surface area contributed by atoms with Crippen LogP contribution in [0.2, 0.25) is 0 Å². The van der Waals surface area contributed by atoms with Gasteiger partial charge in [0.1, 0.15) is 0 Å². The number of nitrogens with one attached hydrogen (secondary N) is 1. The lowest BCUT2D eigenvalue weighted by Crippen LogP contribution is -2.42. The third kappa shape index (κ3) is 4.70. The Kier molecular flexibility index (Phi) is 5.67. The molecule has 8 heteroatoms. The van der Waals surface area contributed by atoms with Crippen LogP contribution in [0.4, 0.5) is 11.5 Å². The van der Waals surface area contributed by atoms with E-state index in [1.807, 2.05) is 50.2 Å². The number of carbonyl (C=O) groups excluding carboxylic acids is 1. The highest BCUT2D eigenvalue weighted by Crippen LogP contribution is 2.38. The Morgan fingerprint density at radius 2 is 1.97 bits per heavy atom. The largest absolute Gasteiger partial charge is 0.382 e. The van der Waals surface area contributed by atoms with Gasteiger partial charge in [-0.3, -0.25) is 9.78 Å². The first-order chi connectivity index (χ1) is 14.8. The van der Waals surface area contributed by atoms with Gasteiger partial charge in [0.25, 0.3) is 5.91 Å². The number of benzene rings is 1. The SMILES string of the molecule is CC1(C)C[C@H](N)C[C@@H](c2ccncc2NC(=O)c2nc(-c3ccccc3)cnc2N)O1. The van der Waals surface area contributed by atoms with Crippen molar-refractivity contribution in [2.45, 2.75) is 44.4 Å². The Morgan fingerprint density at radius 3 is 2.71 bits per heavy atom. The van der Waals surface area contributed by atoms with E-state index in [9.17, 15) is 4.79 Å². The predicted octanol–water partition coefficient (Wildman–Crippen LogP) is 3.33. The van der Waals surface area contributed by atoms with Crippen LogP contribution in [-0.2, 0) is 4.74 Å². The summed E-state index contributed by atoms with van der Waals surface area (Å²) < 4.78 is 6.25. The second kappa shape index (κ2) is 8.41. The van der Waals surface area contributed by atoms with E-state index in [4.69, 9.17) is 16.2 Å². The van der Waals surface area contributed by atoms with E-state index in [1.165, 1.54) is 0 Å². The fraction of sp³-hybridized carbons (Fsp3) is 0.304. The molecule has 3 aromatic rings. The molecule has 1 fully saturated rings. The lowest BCUT2D eigenvalue weighted by Gasteiger charge is -2.40. The van der Waals surface area contributed by atoms with Gasteiger partial charge in [-0.2, -0.15) is 0 Å². The zero-order chi connectivity index (χ0) is 22.0. The minimum absolute atomic E-state index is 0.00883. The maximum absolute atomic E-state index is 13.1. The molecule has 1 saturated heterocycles. The lowest BCUT2D eigenvalue weighted by molar-refractivity contribution is -0.114. The maximum atomic E-state index is 13.1. The van der Waals surface area contributed by atoms with E-state index < -0.39 is 5.91 Å². The smallest absolute Gasteiger partial charge is 0.278 e. The lowest BCUT2D eigenvalue weighted by atomic mass is 9.88. The van der Waals surface area contributed by atoms with Crippen molar-refractivity contribution in [2.75, 3.05) is 11.1 Å². The van der Waals surface area contributed by atoms with Gasteiger partial charge in [-0.15, -0.1) is 0 Å². The summed E-state index contributed by atoms with van der Waals surface area (Å²) in [6.07, 6.45) is 5.99. The Bertz CT molecular complexity index is 1090. The monoisotopic (exact) mass is 418 g/mol. The van der Waals surface area contributed by atoms with E-state index in [0.29, 0.717) is 17.8 Å². The van der Waals surface area contributed by atoms with Crippen molar-refractivity contribution in [1.82, 2.24) is 15.0 Å². The van der Waals surface area contributed by atoms with Crippen LogP contribution in [0, 0.1) is 0 Å². The van der Waals surface area contributed by atoms with Gasteiger partial charge in [0.05, 0.1) is 35.5 Å². The molecule has 4 rings (SSSR count). The van der Waals surface area contributed by atoms with Gasteiger partial charge in [-0.05, 0) is 32.8 Å². The third-order valence-corrected chi connectivity index (χ3v) is 5.27. The van der Waals surface area contributed by atoms with E-state index in [-0.39, 0.29) is 29.3 Å².